The topological polar surface area (TPSA) is 50.4 Å². The Kier molecular flexibility index (Phi) is 3.97. The van der Waals surface area contributed by atoms with E-state index in [2.05, 4.69) is 10.6 Å². The maximum Gasteiger partial charge on any atom is 0.233 e. The van der Waals surface area contributed by atoms with Crippen molar-refractivity contribution in [2.75, 3.05) is 32.8 Å². The predicted octanol–water partition coefficient (Wildman–Crippen LogP) is 0.139. The van der Waals surface area contributed by atoms with Gasteiger partial charge in [0.05, 0.1) is 13.2 Å². The van der Waals surface area contributed by atoms with Crippen molar-refractivity contribution in [1.29, 1.82) is 0 Å². The molecule has 0 aromatic carbocycles. The molecular formula is C11H20N2O2. The Labute approximate surface area is 90.8 Å². The van der Waals surface area contributed by atoms with Gasteiger partial charge in [-0.05, 0) is 31.7 Å². The summed E-state index contributed by atoms with van der Waals surface area (Å²) in [6, 6.07) is 0. The van der Waals surface area contributed by atoms with E-state index < -0.39 is 0 Å². The minimum Gasteiger partial charge on any atom is -0.381 e. The van der Waals surface area contributed by atoms with Crippen LogP contribution in [0.2, 0.25) is 0 Å². The van der Waals surface area contributed by atoms with Gasteiger partial charge in [-0.1, -0.05) is 0 Å². The first-order valence-electron chi connectivity index (χ1n) is 5.90. The van der Waals surface area contributed by atoms with Crippen LogP contribution in [0.5, 0.6) is 0 Å². The lowest BCUT2D eigenvalue weighted by molar-refractivity contribution is -0.120. The molecule has 4 nitrogen and oxygen atoms in total. The van der Waals surface area contributed by atoms with Crippen LogP contribution in [0, 0.1) is 11.8 Å². The molecule has 0 spiro atoms. The molecule has 1 aliphatic carbocycles. The zero-order chi connectivity index (χ0) is 10.5. The molecule has 4 heteroatoms. The molecule has 1 atom stereocenters. The van der Waals surface area contributed by atoms with Crippen molar-refractivity contribution in [3.05, 3.63) is 0 Å². The molecule has 1 unspecified atom stereocenters. The number of hydrogen-bond donors (Lipinski definition) is 2. The SMILES string of the molecule is O=C(CNCC1CC1)NCC1CCOC1. The highest BCUT2D eigenvalue weighted by molar-refractivity contribution is 5.77. The van der Waals surface area contributed by atoms with Gasteiger partial charge in [-0.3, -0.25) is 4.79 Å². The third-order valence-electron chi connectivity index (χ3n) is 3.03. The zero-order valence-electron chi connectivity index (χ0n) is 9.13. The molecule has 0 aromatic heterocycles. The summed E-state index contributed by atoms with van der Waals surface area (Å²) >= 11 is 0. The molecule has 1 saturated carbocycles. The van der Waals surface area contributed by atoms with Crippen LogP contribution in [0.3, 0.4) is 0 Å². The third-order valence-corrected chi connectivity index (χ3v) is 3.03. The number of carbonyl (C=O) groups excluding carboxylic acids is 1. The van der Waals surface area contributed by atoms with Crippen LogP contribution in [0.25, 0.3) is 0 Å². The second-order valence-corrected chi connectivity index (χ2v) is 4.61. The van der Waals surface area contributed by atoms with E-state index >= 15 is 0 Å². The van der Waals surface area contributed by atoms with E-state index in [1.807, 2.05) is 0 Å². The smallest absolute Gasteiger partial charge is 0.233 e. The number of rotatable bonds is 6. The third kappa shape index (κ3) is 4.18. The first kappa shape index (κ1) is 10.9. The second kappa shape index (κ2) is 5.47. The maximum atomic E-state index is 11.4. The van der Waals surface area contributed by atoms with E-state index in [1.54, 1.807) is 0 Å². The summed E-state index contributed by atoms with van der Waals surface area (Å²) in [4.78, 5) is 11.4. The van der Waals surface area contributed by atoms with Crippen molar-refractivity contribution in [3.8, 4) is 0 Å². The van der Waals surface area contributed by atoms with E-state index in [4.69, 9.17) is 4.74 Å². The summed E-state index contributed by atoms with van der Waals surface area (Å²) in [6.07, 6.45) is 3.73. The molecule has 1 aliphatic heterocycles. The van der Waals surface area contributed by atoms with Crippen LogP contribution in [0.1, 0.15) is 19.3 Å². The molecule has 1 heterocycles. The van der Waals surface area contributed by atoms with Gasteiger partial charge in [0.2, 0.25) is 5.91 Å². The van der Waals surface area contributed by atoms with Crippen LogP contribution in [0.4, 0.5) is 0 Å². The van der Waals surface area contributed by atoms with Crippen LogP contribution in [-0.4, -0.2) is 38.8 Å². The van der Waals surface area contributed by atoms with E-state index in [0.29, 0.717) is 12.5 Å². The molecule has 0 aromatic rings. The number of amides is 1. The molecule has 86 valence electrons. The maximum absolute atomic E-state index is 11.4. The lowest BCUT2D eigenvalue weighted by atomic mass is 10.1. The van der Waals surface area contributed by atoms with Crippen molar-refractivity contribution in [2.24, 2.45) is 11.8 Å². The van der Waals surface area contributed by atoms with Crippen molar-refractivity contribution >= 4 is 5.91 Å². The average molecular weight is 212 g/mol. The molecule has 1 amide bonds. The highest BCUT2D eigenvalue weighted by Gasteiger charge is 2.21. The molecule has 2 rings (SSSR count). The summed E-state index contributed by atoms with van der Waals surface area (Å²) in [5.74, 6) is 1.47. The predicted molar refractivity (Wildman–Crippen MR) is 57.5 cm³/mol. The average Bonchev–Trinajstić information content (AvgIpc) is 2.91. The van der Waals surface area contributed by atoms with Gasteiger partial charge in [0.1, 0.15) is 0 Å². The Bertz CT molecular complexity index is 211. The van der Waals surface area contributed by atoms with Gasteiger partial charge < -0.3 is 15.4 Å². The molecule has 2 N–H and O–H groups in total. The van der Waals surface area contributed by atoms with E-state index in [0.717, 1.165) is 38.6 Å². The van der Waals surface area contributed by atoms with Crippen molar-refractivity contribution in [3.63, 3.8) is 0 Å². The normalized spacial score (nSPS) is 25.5. The Morgan fingerprint density at radius 2 is 2.07 bits per heavy atom. The van der Waals surface area contributed by atoms with E-state index in [9.17, 15) is 4.79 Å². The molecule has 0 bridgehead atoms. The van der Waals surface area contributed by atoms with Gasteiger partial charge in [-0.25, -0.2) is 0 Å². The van der Waals surface area contributed by atoms with Gasteiger partial charge in [-0.2, -0.15) is 0 Å². The van der Waals surface area contributed by atoms with E-state index in [-0.39, 0.29) is 5.91 Å². The summed E-state index contributed by atoms with van der Waals surface area (Å²) in [5, 5.41) is 6.12. The monoisotopic (exact) mass is 212 g/mol. The lowest BCUT2D eigenvalue weighted by Gasteiger charge is -2.09. The number of ether oxygens (including phenoxy) is 1. The summed E-state index contributed by atoms with van der Waals surface area (Å²) in [5.41, 5.74) is 0. The highest BCUT2D eigenvalue weighted by Crippen LogP contribution is 2.27. The van der Waals surface area contributed by atoms with Gasteiger partial charge in [0.15, 0.2) is 0 Å². The fourth-order valence-electron chi connectivity index (χ4n) is 1.78. The Morgan fingerprint density at radius 3 is 2.73 bits per heavy atom. The van der Waals surface area contributed by atoms with Gasteiger partial charge in [0, 0.05) is 19.1 Å². The van der Waals surface area contributed by atoms with Crippen molar-refractivity contribution < 1.29 is 9.53 Å². The number of hydrogen-bond acceptors (Lipinski definition) is 3. The number of carbonyl (C=O) groups is 1. The van der Waals surface area contributed by atoms with E-state index in [1.165, 1.54) is 12.8 Å². The van der Waals surface area contributed by atoms with Crippen molar-refractivity contribution in [1.82, 2.24) is 10.6 Å². The molecule has 0 radical (unpaired) electrons. The van der Waals surface area contributed by atoms with Gasteiger partial charge in [0.25, 0.3) is 0 Å². The largest absolute Gasteiger partial charge is 0.381 e. The standard InChI is InChI=1S/C11H20N2O2/c14-11(7-12-5-9-1-2-9)13-6-10-3-4-15-8-10/h9-10,12H,1-8H2,(H,13,14). The molecule has 2 aliphatic rings. The molecule has 1 saturated heterocycles. The van der Waals surface area contributed by atoms with Crippen LogP contribution in [0.15, 0.2) is 0 Å². The quantitative estimate of drug-likeness (QED) is 0.658. The van der Waals surface area contributed by atoms with Crippen LogP contribution < -0.4 is 10.6 Å². The fraction of sp³-hybridized carbons (Fsp3) is 0.909. The minimum atomic E-state index is 0.113. The fourth-order valence-corrected chi connectivity index (χ4v) is 1.78. The highest BCUT2D eigenvalue weighted by atomic mass is 16.5. The molecule has 15 heavy (non-hydrogen) atoms. The summed E-state index contributed by atoms with van der Waals surface area (Å²) in [7, 11) is 0. The second-order valence-electron chi connectivity index (χ2n) is 4.61. The Hall–Kier alpha value is -0.610. The van der Waals surface area contributed by atoms with Gasteiger partial charge >= 0.3 is 0 Å². The lowest BCUT2D eigenvalue weighted by Crippen LogP contribution is -2.37. The summed E-state index contributed by atoms with van der Waals surface area (Å²) < 4.78 is 5.24. The molecular weight excluding hydrogens is 192 g/mol. The van der Waals surface area contributed by atoms with Crippen LogP contribution in [-0.2, 0) is 9.53 Å². The van der Waals surface area contributed by atoms with Crippen LogP contribution >= 0.6 is 0 Å². The Balaban J connectivity index is 1.47. The van der Waals surface area contributed by atoms with Crippen molar-refractivity contribution in [2.45, 2.75) is 19.3 Å². The number of nitrogens with one attached hydrogen (secondary N) is 2. The zero-order valence-corrected chi connectivity index (χ0v) is 9.13. The van der Waals surface area contributed by atoms with Gasteiger partial charge in [-0.15, -0.1) is 0 Å². The molecule has 2 fully saturated rings. The summed E-state index contributed by atoms with van der Waals surface area (Å²) in [6.45, 7) is 3.88. The Morgan fingerprint density at radius 1 is 1.20 bits per heavy atom. The minimum absolute atomic E-state index is 0.113. The first-order valence-corrected chi connectivity index (χ1v) is 5.90. The first-order chi connectivity index (χ1) is 7.34.